The molecule has 0 aliphatic carbocycles. The van der Waals surface area contributed by atoms with Gasteiger partial charge in [-0.15, -0.1) is 0 Å². The van der Waals surface area contributed by atoms with Gasteiger partial charge in [0.25, 0.3) is 0 Å². The van der Waals surface area contributed by atoms with Gasteiger partial charge < -0.3 is 5.11 Å². The van der Waals surface area contributed by atoms with E-state index >= 15 is 0 Å². The Hall–Kier alpha value is -0.778. The second-order valence-corrected chi connectivity index (χ2v) is 1.68. The number of aromatic hydroxyl groups is 1. The van der Waals surface area contributed by atoms with Gasteiger partial charge in [-0.2, -0.15) is 0 Å². The Balaban J connectivity index is 0.000000810. The second-order valence-electron chi connectivity index (χ2n) is 1.68. The molecule has 0 unspecified atom stereocenters. The molecule has 0 aliphatic heterocycles. The molecule has 0 aliphatic rings. The van der Waals surface area contributed by atoms with Crippen LogP contribution < -0.4 is 0 Å². The fraction of sp³-hybridized carbons (Fsp3) is 0. The fourth-order valence-electron chi connectivity index (χ4n) is 0.587. The molecule has 3 heteroatoms. The van der Waals surface area contributed by atoms with Crippen molar-refractivity contribution in [3.63, 3.8) is 0 Å². The second kappa shape index (κ2) is 4.10. The van der Waals surface area contributed by atoms with Gasteiger partial charge in [-0.25, -0.2) is 0 Å². The van der Waals surface area contributed by atoms with E-state index in [4.69, 9.17) is 5.11 Å². The van der Waals surface area contributed by atoms with Gasteiger partial charge in [-0.1, -0.05) is 12.1 Å². The van der Waals surface area contributed by atoms with Crippen molar-refractivity contribution in [2.75, 3.05) is 0 Å². The molecule has 0 heterocycles. The monoisotopic (exact) mass is 152 g/mol. The molecule has 0 atom stereocenters. The van der Waals surface area contributed by atoms with Crippen LogP contribution in [0, 0.1) is 0 Å². The number of phenolic OH excluding ortho intramolecular Hbond substituents is 1. The van der Waals surface area contributed by atoms with Crippen LogP contribution in [0.1, 0.15) is 10.4 Å². The van der Waals surface area contributed by atoms with Gasteiger partial charge >= 0.3 is 0 Å². The molecule has 10 heavy (non-hydrogen) atoms. The zero-order valence-corrected chi connectivity index (χ0v) is 4.74. The van der Waals surface area contributed by atoms with E-state index in [1.54, 1.807) is 18.2 Å². The van der Waals surface area contributed by atoms with E-state index in [-0.39, 0.29) is 23.1 Å². The topological polar surface area (TPSA) is 37.3 Å². The van der Waals surface area contributed by atoms with Crippen LogP contribution in [0.25, 0.3) is 0 Å². The minimum Gasteiger partial charge on any atom is -0.507 e. The normalized spacial score (nSPS) is 8.00. The number of hydrogen-bond acceptors (Lipinski definition) is 2. The van der Waals surface area contributed by atoms with E-state index in [2.05, 4.69) is 0 Å². The first-order chi connectivity index (χ1) is 4.34. The van der Waals surface area contributed by atoms with Crippen LogP contribution in [-0.2, 0) is 0 Å². The Kier molecular flexibility index (Phi) is 3.79. The van der Waals surface area contributed by atoms with Crippen molar-refractivity contribution in [1.29, 1.82) is 0 Å². The van der Waals surface area contributed by atoms with E-state index in [1.165, 1.54) is 6.07 Å². The van der Waals surface area contributed by atoms with Crippen LogP contribution in [-0.4, -0.2) is 28.8 Å². The molecule has 0 spiro atoms. The van der Waals surface area contributed by atoms with Gasteiger partial charge in [0.15, 0.2) is 23.6 Å². The van der Waals surface area contributed by atoms with Gasteiger partial charge in [0.1, 0.15) is 5.75 Å². The molecule has 0 amide bonds. The summed E-state index contributed by atoms with van der Waals surface area (Å²) in [7, 11) is 0. The number of para-hydroxylation sites is 1. The first-order valence-corrected chi connectivity index (χ1v) is 2.58. The minimum atomic E-state index is 0. The van der Waals surface area contributed by atoms with Crippen molar-refractivity contribution in [3.05, 3.63) is 29.8 Å². The maximum atomic E-state index is 10.1. The summed E-state index contributed by atoms with van der Waals surface area (Å²) in [4.78, 5) is 10.1. The quantitative estimate of drug-likeness (QED) is 0.455. The third kappa shape index (κ3) is 1.87. The van der Waals surface area contributed by atoms with E-state index in [0.717, 1.165) is 0 Å². The molecule has 1 N–H and O–H groups in total. The molecule has 2 nitrogen and oxygen atoms in total. The Bertz CT molecular complexity index is 223. The number of aldehydes is 1. The smallest absolute Gasteiger partial charge is 0.187 e. The summed E-state index contributed by atoms with van der Waals surface area (Å²) >= 11 is 0. The molecular weight excluding hydrogens is 143 g/mol. The SMILES string of the molecule is O=Cc1ccccc1O.[AlH3]. The molecular formula is C7H9AlO2. The largest absolute Gasteiger partial charge is 0.507 e. The molecule has 1 rings (SSSR count). The Morgan fingerprint density at radius 1 is 1.30 bits per heavy atom. The average Bonchev–Trinajstić information content (AvgIpc) is 1.89. The van der Waals surface area contributed by atoms with Gasteiger partial charge in [0.05, 0.1) is 5.56 Å². The van der Waals surface area contributed by atoms with Crippen LogP contribution in [0.4, 0.5) is 0 Å². The van der Waals surface area contributed by atoms with Gasteiger partial charge in [0.2, 0.25) is 0 Å². The molecule has 0 fully saturated rings. The Morgan fingerprint density at radius 2 is 1.90 bits per heavy atom. The summed E-state index contributed by atoms with van der Waals surface area (Å²) in [6.45, 7) is 0. The molecule has 0 radical (unpaired) electrons. The lowest BCUT2D eigenvalue weighted by Gasteiger charge is -1.91. The molecule has 0 aromatic heterocycles. The van der Waals surface area contributed by atoms with E-state index in [0.29, 0.717) is 11.8 Å². The lowest BCUT2D eigenvalue weighted by Crippen LogP contribution is -1.77. The first kappa shape index (κ1) is 9.22. The van der Waals surface area contributed by atoms with Gasteiger partial charge in [-0.05, 0) is 12.1 Å². The summed E-state index contributed by atoms with van der Waals surface area (Å²) < 4.78 is 0. The van der Waals surface area contributed by atoms with Crippen LogP contribution in [0.15, 0.2) is 24.3 Å². The maximum Gasteiger partial charge on any atom is 0.187 e. The molecule has 0 saturated heterocycles. The maximum absolute atomic E-state index is 10.1. The summed E-state index contributed by atoms with van der Waals surface area (Å²) in [5, 5.41) is 8.88. The van der Waals surface area contributed by atoms with Crippen molar-refractivity contribution in [3.8, 4) is 5.75 Å². The van der Waals surface area contributed by atoms with Gasteiger partial charge in [0, 0.05) is 0 Å². The van der Waals surface area contributed by atoms with E-state index < -0.39 is 0 Å². The predicted molar refractivity (Wildman–Crippen MR) is 43.4 cm³/mol. The molecule has 1 aromatic carbocycles. The number of phenols is 1. The van der Waals surface area contributed by atoms with Crippen molar-refractivity contribution in [2.45, 2.75) is 0 Å². The third-order valence-corrected chi connectivity index (χ3v) is 1.06. The highest BCUT2D eigenvalue weighted by molar-refractivity contribution is 5.78. The molecule has 0 bridgehead atoms. The lowest BCUT2D eigenvalue weighted by atomic mass is 10.2. The van der Waals surface area contributed by atoms with Crippen molar-refractivity contribution in [1.82, 2.24) is 0 Å². The third-order valence-electron chi connectivity index (χ3n) is 1.06. The van der Waals surface area contributed by atoms with Gasteiger partial charge in [-0.3, -0.25) is 4.79 Å². The highest BCUT2D eigenvalue weighted by atomic mass is 27.0. The highest BCUT2D eigenvalue weighted by Crippen LogP contribution is 2.11. The van der Waals surface area contributed by atoms with Crippen LogP contribution in [0.2, 0.25) is 0 Å². The number of carbonyl (C=O) groups excluding carboxylic acids is 1. The van der Waals surface area contributed by atoms with Crippen LogP contribution >= 0.6 is 0 Å². The van der Waals surface area contributed by atoms with Crippen molar-refractivity contribution < 1.29 is 9.90 Å². The standard InChI is InChI=1S/C7H6O2.Al.3H/c8-5-6-3-1-2-4-7(6)9;;;;/h1-5,9H;;;;. The zero-order valence-electron chi connectivity index (χ0n) is 4.74. The lowest BCUT2D eigenvalue weighted by molar-refractivity contribution is 0.112. The summed E-state index contributed by atoms with van der Waals surface area (Å²) in [6.07, 6.45) is 0.620. The summed E-state index contributed by atoms with van der Waals surface area (Å²) in [6, 6.07) is 6.40. The average molecular weight is 152 g/mol. The number of rotatable bonds is 1. The predicted octanol–water partition coefficient (Wildman–Crippen LogP) is 0.0208. The highest BCUT2D eigenvalue weighted by Gasteiger charge is 1.93. The number of benzene rings is 1. The number of carbonyl (C=O) groups is 1. The Morgan fingerprint density at radius 3 is 2.30 bits per heavy atom. The van der Waals surface area contributed by atoms with E-state index in [1.807, 2.05) is 0 Å². The van der Waals surface area contributed by atoms with E-state index in [9.17, 15) is 4.79 Å². The summed E-state index contributed by atoms with van der Waals surface area (Å²) in [5.41, 5.74) is 0.331. The van der Waals surface area contributed by atoms with Crippen LogP contribution in [0.3, 0.4) is 0 Å². The van der Waals surface area contributed by atoms with Crippen molar-refractivity contribution >= 4 is 23.6 Å². The van der Waals surface area contributed by atoms with Crippen LogP contribution in [0.5, 0.6) is 5.75 Å². The molecule has 0 saturated carbocycles. The minimum absolute atomic E-state index is 0. The van der Waals surface area contributed by atoms with Crippen molar-refractivity contribution in [2.24, 2.45) is 0 Å². The fourth-order valence-corrected chi connectivity index (χ4v) is 0.587. The summed E-state index contributed by atoms with van der Waals surface area (Å²) in [5.74, 6) is 0.0347. The molecule has 1 aromatic rings. The first-order valence-electron chi connectivity index (χ1n) is 2.58. The molecule has 52 valence electrons. The zero-order chi connectivity index (χ0) is 6.69. The number of hydrogen-bond donors (Lipinski definition) is 1. The Labute approximate surface area is 69.6 Å².